The Balaban J connectivity index is 1.95. The molecular weight excluding hydrogens is 364 g/mol. The summed E-state index contributed by atoms with van der Waals surface area (Å²) in [7, 11) is 3.00. The first kappa shape index (κ1) is 19.4. The number of nitrogens with one attached hydrogen (secondary N) is 2. The van der Waals surface area contributed by atoms with Crippen molar-refractivity contribution in [2.45, 2.75) is 6.23 Å². The van der Waals surface area contributed by atoms with E-state index in [2.05, 4.69) is 10.6 Å². The van der Waals surface area contributed by atoms with Gasteiger partial charge in [0.25, 0.3) is 0 Å². The first-order valence-electron chi connectivity index (χ1n) is 8.46. The van der Waals surface area contributed by atoms with E-state index in [-0.39, 0.29) is 17.8 Å². The van der Waals surface area contributed by atoms with E-state index in [0.717, 1.165) is 0 Å². The zero-order chi connectivity index (χ0) is 20.3. The molecule has 0 aromatic heterocycles. The summed E-state index contributed by atoms with van der Waals surface area (Å²) in [5, 5.41) is 24.9. The van der Waals surface area contributed by atoms with Crippen LogP contribution < -0.4 is 20.1 Å². The minimum absolute atomic E-state index is 0.00162. The third-order valence-electron chi connectivity index (χ3n) is 4.40. The van der Waals surface area contributed by atoms with Gasteiger partial charge < -0.3 is 25.0 Å². The molecular formula is C20H20N2O6. The van der Waals surface area contributed by atoms with Crippen molar-refractivity contribution in [2.24, 2.45) is 0 Å². The van der Waals surface area contributed by atoms with Crippen LogP contribution in [0.4, 0.5) is 5.69 Å². The van der Waals surface area contributed by atoms with Crippen molar-refractivity contribution >= 4 is 23.1 Å². The summed E-state index contributed by atoms with van der Waals surface area (Å²) in [6.07, 6.45) is 0.449. The molecule has 1 aliphatic heterocycles. The maximum absolute atomic E-state index is 12.5. The van der Waals surface area contributed by atoms with Crippen molar-refractivity contribution in [3.63, 3.8) is 0 Å². The SMILES string of the molecule is COc1cc2c(cc1OC)C(O)NC/C2=C\C(=O)Nc1ccccc1C(=O)O. The average molecular weight is 384 g/mol. The highest BCUT2D eigenvalue weighted by atomic mass is 16.5. The number of carboxylic acids is 1. The fourth-order valence-corrected chi connectivity index (χ4v) is 3.05. The summed E-state index contributed by atoms with van der Waals surface area (Å²) in [4.78, 5) is 23.8. The Bertz CT molecular complexity index is 954. The molecule has 0 saturated carbocycles. The maximum atomic E-state index is 12.5. The molecule has 1 atom stereocenters. The number of hydrogen-bond donors (Lipinski definition) is 4. The Hall–Kier alpha value is -3.36. The summed E-state index contributed by atoms with van der Waals surface area (Å²) in [6.45, 7) is 0.248. The van der Waals surface area contributed by atoms with Gasteiger partial charge in [0, 0.05) is 18.2 Å². The Morgan fingerprint density at radius 3 is 2.54 bits per heavy atom. The third kappa shape index (κ3) is 3.83. The second kappa shape index (κ2) is 8.12. The van der Waals surface area contributed by atoms with Crippen LogP contribution in [-0.4, -0.2) is 42.9 Å². The number of aliphatic hydroxyl groups excluding tert-OH is 1. The predicted molar refractivity (Wildman–Crippen MR) is 103 cm³/mol. The fraction of sp³-hybridized carbons (Fsp3) is 0.200. The van der Waals surface area contributed by atoms with E-state index in [9.17, 15) is 19.8 Å². The number of ether oxygens (including phenoxy) is 2. The monoisotopic (exact) mass is 384 g/mol. The number of aromatic carboxylic acids is 1. The van der Waals surface area contributed by atoms with Crippen LogP contribution in [0.1, 0.15) is 27.7 Å². The minimum atomic E-state index is -1.13. The van der Waals surface area contributed by atoms with E-state index in [4.69, 9.17) is 9.47 Å². The molecule has 28 heavy (non-hydrogen) atoms. The number of amides is 1. The molecule has 3 rings (SSSR count). The Kier molecular flexibility index (Phi) is 5.62. The summed E-state index contributed by atoms with van der Waals surface area (Å²) < 4.78 is 10.6. The quantitative estimate of drug-likeness (QED) is 0.583. The van der Waals surface area contributed by atoms with E-state index >= 15 is 0 Å². The maximum Gasteiger partial charge on any atom is 0.337 e. The van der Waals surface area contributed by atoms with Gasteiger partial charge >= 0.3 is 5.97 Å². The molecule has 0 fully saturated rings. The molecule has 1 unspecified atom stereocenters. The smallest absolute Gasteiger partial charge is 0.337 e. The summed E-state index contributed by atoms with van der Waals surface area (Å²) in [5.41, 5.74) is 2.01. The van der Waals surface area contributed by atoms with Crippen molar-refractivity contribution in [1.29, 1.82) is 0 Å². The van der Waals surface area contributed by atoms with Crippen LogP contribution in [0.5, 0.6) is 11.5 Å². The van der Waals surface area contributed by atoms with E-state index in [1.165, 1.54) is 32.4 Å². The highest BCUT2D eigenvalue weighted by Crippen LogP contribution is 2.37. The van der Waals surface area contributed by atoms with Crippen LogP contribution in [0.2, 0.25) is 0 Å². The van der Waals surface area contributed by atoms with Gasteiger partial charge in [-0.05, 0) is 35.4 Å². The lowest BCUT2D eigenvalue weighted by atomic mass is 9.93. The molecule has 8 nitrogen and oxygen atoms in total. The van der Waals surface area contributed by atoms with Gasteiger partial charge in [0.2, 0.25) is 5.91 Å². The number of carboxylic acid groups (broad SMARTS) is 1. The number of anilines is 1. The number of fused-ring (bicyclic) bond motifs is 1. The molecule has 0 bridgehead atoms. The first-order valence-corrected chi connectivity index (χ1v) is 8.46. The van der Waals surface area contributed by atoms with Gasteiger partial charge in [-0.3, -0.25) is 10.1 Å². The van der Waals surface area contributed by atoms with Crippen molar-refractivity contribution < 1.29 is 29.3 Å². The van der Waals surface area contributed by atoms with E-state index in [0.29, 0.717) is 28.2 Å². The lowest BCUT2D eigenvalue weighted by Gasteiger charge is -2.26. The van der Waals surface area contributed by atoms with E-state index in [1.807, 2.05) is 0 Å². The Labute approximate surface area is 161 Å². The third-order valence-corrected chi connectivity index (χ3v) is 4.40. The molecule has 146 valence electrons. The summed E-state index contributed by atoms with van der Waals surface area (Å²) in [6, 6.07) is 9.50. The van der Waals surface area contributed by atoms with Crippen LogP contribution in [0.3, 0.4) is 0 Å². The Morgan fingerprint density at radius 1 is 1.18 bits per heavy atom. The van der Waals surface area contributed by atoms with Gasteiger partial charge in [0.15, 0.2) is 11.5 Å². The zero-order valence-corrected chi connectivity index (χ0v) is 15.4. The predicted octanol–water partition coefficient (Wildman–Crippen LogP) is 2.02. The first-order chi connectivity index (χ1) is 13.4. The number of carbonyl (C=O) groups excluding carboxylic acids is 1. The topological polar surface area (TPSA) is 117 Å². The molecule has 8 heteroatoms. The number of benzene rings is 2. The van der Waals surface area contributed by atoms with Crippen LogP contribution in [-0.2, 0) is 4.79 Å². The van der Waals surface area contributed by atoms with Crippen LogP contribution >= 0.6 is 0 Å². The van der Waals surface area contributed by atoms with Crippen molar-refractivity contribution in [1.82, 2.24) is 5.32 Å². The second-order valence-corrected chi connectivity index (χ2v) is 6.09. The van der Waals surface area contributed by atoms with Gasteiger partial charge in [-0.1, -0.05) is 12.1 Å². The molecule has 4 N–H and O–H groups in total. The molecule has 0 spiro atoms. The summed E-state index contributed by atoms with van der Waals surface area (Å²) in [5.74, 6) is -0.683. The van der Waals surface area contributed by atoms with E-state index < -0.39 is 18.1 Å². The largest absolute Gasteiger partial charge is 0.493 e. The van der Waals surface area contributed by atoms with Gasteiger partial charge in [-0.2, -0.15) is 0 Å². The standard InChI is InChI=1S/C20H20N2O6/c1-27-16-8-13-11(10-21-19(24)14(13)9-17(16)28-2)7-18(23)22-15-6-4-3-5-12(15)20(25)26/h3-9,19,21,24H,10H2,1-2H3,(H,22,23)(H,25,26)/b11-7+. The minimum Gasteiger partial charge on any atom is -0.493 e. The van der Waals surface area contributed by atoms with Gasteiger partial charge in [0.1, 0.15) is 6.23 Å². The van der Waals surface area contributed by atoms with Crippen LogP contribution in [0.15, 0.2) is 42.5 Å². The number of methoxy groups -OCH3 is 2. The molecule has 1 amide bonds. The lowest BCUT2D eigenvalue weighted by Crippen LogP contribution is -2.29. The van der Waals surface area contributed by atoms with Gasteiger partial charge in [-0.25, -0.2) is 4.79 Å². The molecule has 2 aromatic carbocycles. The average Bonchev–Trinajstić information content (AvgIpc) is 2.69. The summed E-state index contributed by atoms with van der Waals surface area (Å²) >= 11 is 0. The normalized spacial score (nSPS) is 17.0. The van der Waals surface area contributed by atoms with Crippen LogP contribution in [0.25, 0.3) is 5.57 Å². The molecule has 1 aliphatic rings. The number of aliphatic hydroxyl groups is 1. The molecule has 0 saturated heterocycles. The van der Waals surface area contributed by atoms with Crippen molar-refractivity contribution in [3.8, 4) is 11.5 Å². The highest BCUT2D eigenvalue weighted by molar-refractivity contribution is 6.07. The molecule has 0 aliphatic carbocycles. The van der Waals surface area contributed by atoms with E-state index in [1.54, 1.807) is 24.3 Å². The number of para-hydroxylation sites is 1. The Morgan fingerprint density at radius 2 is 1.86 bits per heavy atom. The highest BCUT2D eigenvalue weighted by Gasteiger charge is 2.24. The molecule has 0 radical (unpaired) electrons. The number of rotatable bonds is 5. The number of carbonyl (C=O) groups is 2. The lowest BCUT2D eigenvalue weighted by molar-refractivity contribution is -0.111. The van der Waals surface area contributed by atoms with Gasteiger partial charge in [-0.15, -0.1) is 0 Å². The zero-order valence-electron chi connectivity index (χ0n) is 15.4. The van der Waals surface area contributed by atoms with Crippen LogP contribution in [0, 0.1) is 0 Å². The number of hydrogen-bond acceptors (Lipinski definition) is 6. The second-order valence-electron chi connectivity index (χ2n) is 6.09. The molecule has 2 aromatic rings. The fourth-order valence-electron chi connectivity index (χ4n) is 3.05. The molecule has 1 heterocycles. The van der Waals surface area contributed by atoms with Crippen molar-refractivity contribution in [3.05, 3.63) is 59.2 Å². The van der Waals surface area contributed by atoms with Gasteiger partial charge in [0.05, 0.1) is 25.5 Å². The van der Waals surface area contributed by atoms with Crippen molar-refractivity contribution in [2.75, 3.05) is 26.1 Å².